The first-order valence-electron chi connectivity index (χ1n) is 4.50. The molecule has 0 saturated carbocycles. The number of carbonyl (C=O) groups is 1. The summed E-state index contributed by atoms with van der Waals surface area (Å²) in [6.45, 7) is -0.101. The van der Waals surface area contributed by atoms with Gasteiger partial charge in [0.25, 0.3) is 0 Å². The Morgan fingerprint density at radius 2 is 2.12 bits per heavy atom. The second kappa shape index (κ2) is 5.77. The number of rotatable bonds is 4. The van der Waals surface area contributed by atoms with Gasteiger partial charge in [-0.2, -0.15) is 0 Å². The molecule has 1 amide bonds. The molecule has 0 fully saturated rings. The van der Waals surface area contributed by atoms with E-state index in [1.165, 1.54) is 6.07 Å². The van der Waals surface area contributed by atoms with Gasteiger partial charge in [0.1, 0.15) is 5.88 Å². The molecule has 6 heteroatoms. The van der Waals surface area contributed by atoms with Gasteiger partial charge in [0.15, 0.2) is 11.6 Å². The lowest BCUT2D eigenvalue weighted by molar-refractivity contribution is -0.119. The highest BCUT2D eigenvalue weighted by atomic mass is 35.5. The topological polar surface area (TPSA) is 49.3 Å². The largest absolute Gasteiger partial charge is 0.387 e. The normalized spacial score (nSPS) is 12.2. The Hall–Kier alpha value is -1.20. The van der Waals surface area contributed by atoms with Crippen LogP contribution < -0.4 is 5.32 Å². The first-order valence-corrected chi connectivity index (χ1v) is 5.03. The lowest BCUT2D eigenvalue weighted by Gasteiger charge is -2.11. The van der Waals surface area contributed by atoms with Crippen molar-refractivity contribution in [3.05, 3.63) is 35.4 Å². The molecule has 0 aliphatic carbocycles. The molecule has 1 unspecified atom stereocenters. The molecule has 0 aliphatic heterocycles. The van der Waals surface area contributed by atoms with E-state index >= 15 is 0 Å². The fourth-order valence-electron chi connectivity index (χ4n) is 1.10. The van der Waals surface area contributed by atoms with Gasteiger partial charge in [-0.25, -0.2) is 8.78 Å². The number of halogens is 3. The third kappa shape index (κ3) is 3.43. The van der Waals surface area contributed by atoms with Gasteiger partial charge in [-0.3, -0.25) is 4.79 Å². The summed E-state index contributed by atoms with van der Waals surface area (Å²) >= 11 is 5.22. The summed E-state index contributed by atoms with van der Waals surface area (Å²) in [4.78, 5) is 10.8. The van der Waals surface area contributed by atoms with Crippen LogP contribution in [-0.2, 0) is 4.79 Å². The number of aliphatic hydroxyl groups is 1. The van der Waals surface area contributed by atoms with E-state index in [1.54, 1.807) is 0 Å². The predicted octanol–water partition coefficient (Wildman–Crippen LogP) is 1.35. The fourth-order valence-corrected chi connectivity index (χ4v) is 1.19. The molecule has 16 heavy (non-hydrogen) atoms. The summed E-state index contributed by atoms with van der Waals surface area (Å²) in [5.74, 6) is -2.69. The summed E-state index contributed by atoms with van der Waals surface area (Å²) in [7, 11) is 0. The average Bonchev–Trinajstić information content (AvgIpc) is 2.29. The molecule has 1 aromatic rings. The van der Waals surface area contributed by atoms with Crippen LogP contribution in [0, 0.1) is 11.6 Å². The van der Waals surface area contributed by atoms with Crippen molar-refractivity contribution in [1.82, 2.24) is 5.32 Å². The van der Waals surface area contributed by atoms with Crippen LogP contribution >= 0.6 is 11.6 Å². The fraction of sp³-hybridized carbons (Fsp3) is 0.300. The number of nitrogens with one attached hydrogen (secondary N) is 1. The van der Waals surface area contributed by atoms with Crippen LogP contribution in [0.2, 0.25) is 0 Å². The Bertz CT molecular complexity index is 387. The van der Waals surface area contributed by atoms with Gasteiger partial charge in [0, 0.05) is 6.54 Å². The number of alkyl halides is 1. The van der Waals surface area contributed by atoms with Crippen molar-refractivity contribution in [2.24, 2.45) is 0 Å². The van der Waals surface area contributed by atoms with E-state index in [0.717, 1.165) is 12.1 Å². The van der Waals surface area contributed by atoms with Crippen LogP contribution in [0.3, 0.4) is 0 Å². The van der Waals surface area contributed by atoms with E-state index in [4.69, 9.17) is 11.6 Å². The van der Waals surface area contributed by atoms with Crippen molar-refractivity contribution < 1.29 is 18.7 Å². The highest BCUT2D eigenvalue weighted by molar-refractivity contribution is 6.27. The summed E-state index contributed by atoms with van der Waals surface area (Å²) in [5, 5.41) is 11.9. The van der Waals surface area contributed by atoms with E-state index in [-0.39, 0.29) is 18.0 Å². The minimum atomic E-state index is -1.10. The zero-order valence-electron chi connectivity index (χ0n) is 8.21. The van der Waals surface area contributed by atoms with Crippen molar-refractivity contribution in [1.29, 1.82) is 0 Å². The highest BCUT2D eigenvalue weighted by Crippen LogP contribution is 2.15. The molecule has 1 atom stereocenters. The standard InChI is InChI=1S/C10H10ClF2NO2/c11-4-10(16)14-5-9(15)6-1-2-7(12)8(13)3-6/h1-3,9,15H,4-5H2,(H,14,16). The second-order valence-corrected chi connectivity index (χ2v) is 3.39. The predicted molar refractivity (Wildman–Crippen MR) is 55.0 cm³/mol. The van der Waals surface area contributed by atoms with E-state index in [2.05, 4.69) is 5.32 Å². The van der Waals surface area contributed by atoms with Gasteiger partial charge in [-0.15, -0.1) is 11.6 Å². The second-order valence-electron chi connectivity index (χ2n) is 3.13. The Kier molecular flexibility index (Phi) is 4.64. The smallest absolute Gasteiger partial charge is 0.235 e. The maximum atomic E-state index is 12.8. The van der Waals surface area contributed by atoms with Crippen LogP contribution in [0.5, 0.6) is 0 Å². The summed E-state index contributed by atoms with van der Waals surface area (Å²) in [6.07, 6.45) is -1.10. The van der Waals surface area contributed by atoms with Crippen LogP contribution in [0.1, 0.15) is 11.7 Å². The van der Waals surface area contributed by atoms with Crippen LogP contribution in [0.25, 0.3) is 0 Å². The summed E-state index contributed by atoms with van der Waals surface area (Å²) < 4.78 is 25.4. The van der Waals surface area contributed by atoms with Crippen molar-refractivity contribution in [3.63, 3.8) is 0 Å². The van der Waals surface area contributed by atoms with Gasteiger partial charge >= 0.3 is 0 Å². The van der Waals surface area contributed by atoms with E-state index < -0.39 is 23.6 Å². The molecule has 0 saturated heterocycles. The maximum absolute atomic E-state index is 12.8. The van der Waals surface area contributed by atoms with Crippen molar-refractivity contribution >= 4 is 17.5 Å². The quantitative estimate of drug-likeness (QED) is 0.792. The van der Waals surface area contributed by atoms with Crippen LogP contribution in [0.4, 0.5) is 8.78 Å². The number of benzene rings is 1. The van der Waals surface area contributed by atoms with Crippen molar-refractivity contribution in [3.8, 4) is 0 Å². The van der Waals surface area contributed by atoms with Gasteiger partial charge < -0.3 is 10.4 Å². The van der Waals surface area contributed by atoms with Gasteiger partial charge in [0.2, 0.25) is 5.91 Å². The van der Waals surface area contributed by atoms with Gasteiger partial charge in [0.05, 0.1) is 6.10 Å². The third-order valence-corrected chi connectivity index (χ3v) is 2.19. The van der Waals surface area contributed by atoms with Crippen LogP contribution in [0.15, 0.2) is 18.2 Å². The molecule has 0 heterocycles. The van der Waals surface area contributed by atoms with E-state index in [0.29, 0.717) is 0 Å². The number of hydrogen-bond acceptors (Lipinski definition) is 2. The Morgan fingerprint density at radius 3 is 2.69 bits per heavy atom. The van der Waals surface area contributed by atoms with Crippen molar-refractivity contribution in [2.45, 2.75) is 6.10 Å². The van der Waals surface area contributed by atoms with Gasteiger partial charge in [-0.1, -0.05) is 6.07 Å². The number of aliphatic hydroxyl groups excluding tert-OH is 1. The molecule has 0 spiro atoms. The minimum Gasteiger partial charge on any atom is -0.387 e. The third-order valence-electron chi connectivity index (χ3n) is 1.94. The molecular weight excluding hydrogens is 240 g/mol. The molecule has 0 aliphatic rings. The molecule has 3 nitrogen and oxygen atoms in total. The molecule has 0 bridgehead atoms. The molecule has 2 N–H and O–H groups in total. The van der Waals surface area contributed by atoms with Crippen LogP contribution in [-0.4, -0.2) is 23.4 Å². The minimum absolute atomic E-state index is 0.101. The lowest BCUT2D eigenvalue weighted by Crippen LogP contribution is -2.29. The number of hydrogen-bond donors (Lipinski definition) is 2. The maximum Gasteiger partial charge on any atom is 0.235 e. The number of carbonyl (C=O) groups excluding carboxylic acids is 1. The zero-order valence-corrected chi connectivity index (χ0v) is 8.97. The first kappa shape index (κ1) is 12.9. The summed E-state index contributed by atoms with van der Waals surface area (Å²) in [5.41, 5.74) is 0.189. The Morgan fingerprint density at radius 1 is 1.44 bits per heavy atom. The Balaban J connectivity index is 2.62. The van der Waals surface area contributed by atoms with Crippen molar-refractivity contribution in [2.75, 3.05) is 12.4 Å². The first-order chi connectivity index (χ1) is 7.54. The van der Waals surface area contributed by atoms with Gasteiger partial charge in [-0.05, 0) is 17.7 Å². The SMILES string of the molecule is O=C(CCl)NCC(O)c1ccc(F)c(F)c1. The zero-order chi connectivity index (χ0) is 12.1. The van der Waals surface area contributed by atoms with E-state index in [1.807, 2.05) is 0 Å². The number of amides is 1. The molecule has 88 valence electrons. The summed E-state index contributed by atoms with van der Waals surface area (Å²) in [6, 6.07) is 3.04. The molecule has 0 aromatic heterocycles. The molecular formula is C10H10ClF2NO2. The highest BCUT2D eigenvalue weighted by Gasteiger charge is 2.11. The lowest BCUT2D eigenvalue weighted by atomic mass is 10.1. The van der Waals surface area contributed by atoms with E-state index in [9.17, 15) is 18.7 Å². The monoisotopic (exact) mass is 249 g/mol. The average molecular weight is 250 g/mol. The Labute approximate surface area is 96.0 Å². The molecule has 1 rings (SSSR count). The molecule has 0 radical (unpaired) electrons. The molecule has 1 aromatic carbocycles.